The highest BCUT2D eigenvalue weighted by Crippen LogP contribution is 2.24. The van der Waals surface area contributed by atoms with E-state index in [1.165, 1.54) is 21.9 Å². The molecular formula is C20H24FN5O2S+2. The first-order valence-corrected chi connectivity index (χ1v) is 10.6. The van der Waals surface area contributed by atoms with E-state index in [2.05, 4.69) is 22.4 Å². The average molecular weight is 418 g/mol. The van der Waals surface area contributed by atoms with E-state index in [1.54, 1.807) is 23.5 Å². The number of anilines is 1. The van der Waals surface area contributed by atoms with E-state index in [4.69, 9.17) is 4.42 Å². The minimum Gasteiger partial charge on any atom is -0.414 e. The Kier molecular flexibility index (Phi) is 5.98. The van der Waals surface area contributed by atoms with Gasteiger partial charge in [0.15, 0.2) is 12.6 Å². The lowest BCUT2D eigenvalue weighted by atomic mass is 10.2. The van der Waals surface area contributed by atoms with Crippen LogP contribution < -0.4 is 15.1 Å². The Balaban J connectivity index is 1.26. The summed E-state index contributed by atoms with van der Waals surface area (Å²) < 4.78 is 18.8. The number of carbonyl (C=O) groups excluding carboxylic acids is 1. The smallest absolute Gasteiger partial charge is 0.279 e. The molecule has 4 rings (SSSR count). The van der Waals surface area contributed by atoms with Crippen molar-refractivity contribution in [3.63, 3.8) is 0 Å². The number of nitrogens with one attached hydrogen (secondary N) is 3. The Hall–Kier alpha value is -2.62. The molecule has 0 saturated carbocycles. The second kappa shape index (κ2) is 8.81. The maximum Gasteiger partial charge on any atom is 0.279 e. The normalized spacial score (nSPS) is 20.3. The van der Waals surface area contributed by atoms with Gasteiger partial charge in [0, 0.05) is 5.69 Å². The molecule has 1 aliphatic rings. The molecule has 2 aromatic heterocycles. The van der Waals surface area contributed by atoms with Crippen LogP contribution in [-0.4, -0.2) is 48.8 Å². The van der Waals surface area contributed by atoms with Crippen molar-refractivity contribution in [2.75, 3.05) is 38.0 Å². The molecule has 1 aromatic carbocycles. The fraction of sp³-hybridized carbons (Fsp3) is 0.350. The summed E-state index contributed by atoms with van der Waals surface area (Å²) in [5.74, 6) is 0.857. The van der Waals surface area contributed by atoms with Crippen LogP contribution in [0.15, 0.2) is 46.2 Å². The quantitative estimate of drug-likeness (QED) is 0.543. The van der Waals surface area contributed by atoms with Gasteiger partial charge in [-0.25, -0.2) is 4.39 Å². The summed E-state index contributed by atoms with van der Waals surface area (Å²) in [4.78, 5) is 15.9. The van der Waals surface area contributed by atoms with Gasteiger partial charge in [0.2, 0.25) is 0 Å². The molecular weight excluding hydrogens is 393 g/mol. The van der Waals surface area contributed by atoms with E-state index < -0.39 is 0 Å². The van der Waals surface area contributed by atoms with Gasteiger partial charge >= 0.3 is 0 Å². The van der Waals surface area contributed by atoms with Gasteiger partial charge in [0.1, 0.15) is 32.0 Å². The Morgan fingerprint density at radius 1 is 1.21 bits per heavy atom. The summed E-state index contributed by atoms with van der Waals surface area (Å²) in [7, 11) is 0. The van der Waals surface area contributed by atoms with E-state index in [1.807, 2.05) is 17.5 Å². The number of amides is 1. The Morgan fingerprint density at radius 3 is 2.66 bits per heavy atom. The lowest BCUT2D eigenvalue weighted by Crippen LogP contribution is -3.28. The highest BCUT2D eigenvalue weighted by molar-refractivity contribution is 7.13. The van der Waals surface area contributed by atoms with Crippen LogP contribution in [0.3, 0.4) is 0 Å². The Morgan fingerprint density at radius 2 is 1.97 bits per heavy atom. The minimum atomic E-state index is -0.314. The molecule has 0 aliphatic carbocycles. The number of quaternary nitrogens is 2. The van der Waals surface area contributed by atoms with E-state index in [0.29, 0.717) is 24.0 Å². The molecule has 1 amide bonds. The van der Waals surface area contributed by atoms with Crippen molar-refractivity contribution in [3.8, 4) is 10.8 Å². The van der Waals surface area contributed by atoms with Crippen molar-refractivity contribution in [1.29, 1.82) is 0 Å². The first kappa shape index (κ1) is 19.7. The van der Waals surface area contributed by atoms with Gasteiger partial charge < -0.3 is 19.5 Å². The number of hydrogen-bond acceptors (Lipinski definition) is 5. The fourth-order valence-electron chi connectivity index (χ4n) is 3.58. The fourth-order valence-corrected chi connectivity index (χ4v) is 4.23. The third-order valence-corrected chi connectivity index (χ3v) is 6.15. The molecule has 1 saturated heterocycles. The average Bonchev–Trinajstić information content (AvgIpc) is 3.41. The number of carbonyl (C=O) groups is 1. The summed E-state index contributed by atoms with van der Waals surface area (Å²) in [5.41, 5.74) is 0.617. The van der Waals surface area contributed by atoms with Crippen LogP contribution in [0.25, 0.3) is 10.8 Å². The van der Waals surface area contributed by atoms with E-state index >= 15 is 0 Å². The zero-order valence-electron chi connectivity index (χ0n) is 16.2. The molecule has 3 heterocycles. The standard InChI is InChI=1S/C20H22FN5O2S/c1-14(19-23-24-20(28-19)17-3-2-12-29-17)26-10-8-25(9-11-26)13-18(27)22-16-6-4-15(21)5-7-16/h2-7,12,14H,8-11,13H2,1H3,(H,22,27)/p+2/t14-/m0/s1. The number of aromatic nitrogens is 2. The number of piperazine rings is 1. The molecule has 9 heteroatoms. The molecule has 1 aliphatic heterocycles. The van der Waals surface area contributed by atoms with Gasteiger partial charge in [-0.15, -0.1) is 21.5 Å². The maximum absolute atomic E-state index is 13.0. The van der Waals surface area contributed by atoms with Crippen molar-refractivity contribution in [2.45, 2.75) is 13.0 Å². The summed E-state index contributed by atoms with van der Waals surface area (Å²) in [6, 6.07) is 9.87. The zero-order chi connectivity index (χ0) is 20.2. The van der Waals surface area contributed by atoms with Gasteiger partial charge in [0.05, 0.1) is 4.88 Å². The molecule has 0 unspecified atom stereocenters. The van der Waals surface area contributed by atoms with E-state index in [9.17, 15) is 9.18 Å². The summed E-state index contributed by atoms with van der Waals surface area (Å²) in [6.07, 6.45) is 0. The van der Waals surface area contributed by atoms with Crippen LogP contribution in [0.2, 0.25) is 0 Å². The van der Waals surface area contributed by atoms with Crippen molar-refractivity contribution in [2.24, 2.45) is 0 Å². The number of halogens is 1. The van der Waals surface area contributed by atoms with E-state index in [-0.39, 0.29) is 17.8 Å². The second-order valence-corrected chi connectivity index (χ2v) is 8.23. The zero-order valence-corrected chi connectivity index (χ0v) is 17.0. The molecule has 152 valence electrons. The highest BCUT2D eigenvalue weighted by Gasteiger charge is 2.31. The van der Waals surface area contributed by atoms with Crippen LogP contribution in [0, 0.1) is 5.82 Å². The van der Waals surface area contributed by atoms with Gasteiger partial charge in [0.25, 0.3) is 17.7 Å². The molecule has 1 fully saturated rings. The van der Waals surface area contributed by atoms with Crippen LogP contribution in [0.5, 0.6) is 0 Å². The van der Waals surface area contributed by atoms with Crippen LogP contribution in [0.4, 0.5) is 10.1 Å². The van der Waals surface area contributed by atoms with Crippen LogP contribution >= 0.6 is 11.3 Å². The van der Waals surface area contributed by atoms with Crippen molar-refractivity contribution < 1.29 is 23.4 Å². The second-order valence-electron chi connectivity index (χ2n) is 7.28. The summed E-state index contributed by atoms with van der Waals surface area (Å²) in [5, 5.41) is 13.2. The SMILES string of the molecule is C[C@@H](c1nnc(-c2cccs2)o1)[NH+]1CC[NH+](CC(=O)Nc2ccc(F)cc2)CC1. The molecule has 0 spiro atoms. The lowest BCUT2D eigenvalue weighted by molar-refractivity contribution is -1.02. The van der Waals surface area contributed by atoms with Crippen LogP contribution in [-0.2, 0) is 4.79 Å². The minimum absolute atomic E-state index is 0.0550. The largest absolute Gasteiger partial charge is 0.414 e. The van der Waals surface area contributed by atoms with Gasteiger partial charge in [-0.2, -0.15) is 0 Å². The molecule has 3 N–H and O–H groups in total. The number of thiophene rings is 1. The maximum atomic E-state index is 13.0. The number of nitrogens with zero attached hydrogens (tertiary/aromatic N) is 2. The van der Waals surface area contributed by atoms with Crippen molar-refractivity contribution in [1.82, 2.24) is 10.2 Å². The molecule has 0 bridgehead atoms. The third-order valence-electron chi connectivity index (χ3n) is 5.29. The number of hydrogen-bond donors (Lipinski definition) is 3. The Labute approximate surface area is 172 Å². The van der Waals surface area contributed by atoms with Crippen LogP contribution in [0.1, 0.15) is 18.9 Å². The topological polar surface area (TPSA) is 76.9 Å². The first-order chi connectivity index (χ1) is 14.1. The molecule has 1 atom stereocenters. The van der Waals surface area contributed by atoms with Crippen molar-refractivity contribution in [3.05, 3.63) is 53.5 Å². The highest BCUT2D eigenvalue weighted by atomic mass is 32.1. The third kappa shape index (κ3) is 4.87. The van der Waals surface area contributed by atoms with Gasteiger partial charge in [-0.3, -0.25) is 4.79 Å². The molecule has 7 nitrogen and oxygen atoms in total. The molecule has 29 heavy (non-hydrogen) atoms. The first-order valence-electron chi connectivity index (χ1n) is 9.69. The summed E-state index contributed by atoms with van der Waals surface area (Å²) >= 11 is 1.58. The predicted molar refractivity (Wildman–Crippen MR) is 107 cm³/mol. The number of rotatable bonds is 6. The van der Waals surface area contributed by atoms with Crippen molar-refractivity contribution >= 4 is 22.9 Å². The predicted octanol–water partition coefficient (Wildman–Crippen LogP) is 0.420. The lowest BCUT2D eigenvalue weighted by Gasteiger charge is -2.31. The number of benzene rings is 1. The molecule has 0 radical (unpaired) electrons. The van der Waals surface area contributed by atoms with E-state index in [0.717, 1.165) is 31.1 Å². The van der Waals surface area contributed by atoms with Gasteiger partial charge in [-0.05, 0) is 42.6 Å². The molecule has 3 aromatic rings. The van der Waals surface area contributed by atoms with Gasteiger partial charge in [-0.1, -0.05) is 6.07 Å². The monoisotopic (exact) mass is 417 g/mol. The Bertz CT molecular complexity index is 936. The summed E-state index contributed by atoms with van der Waals surface area (Å²) in [6.45, 7) is 6.15.